The highest BCUT2D eigenvalue weighted by Crippen LogP contribution is 2.41. The number of ketones is 2. The SMILES string of the molecule is CC(C)C(=O)C1C(=O)C(=O)N(c2cc(Cl)c(=O)n(CCO)c2)C1c1ccc(Cl)cc1. The summed E-state index contributed by atoms with van der Waals surface area (Å²) in [6, 6.07) is 6.90. The molecule has 3 rings (SSSR count). The number of amides is 1. The van der Waals surface area contributed by atoms with Gasteiger partial charge in [0.25, 0.3) is 11.5 Å². The van der Waals surface area contributed by atoms with Gasteiger partial charge in [0.2, 0.25) is 5.78 Å². The number of hydrogen-bond acceptors (Lipinski definition) is 5. The van der Waals surface area contributed by atoms with Crippen molar-refractivity contribution in [3.8, 4) is 0 Å². The molecule has 2 heterocycles. The largest absolute Gasteiger partial charge is 0.395 e. The predicted octanol–water partition coefficient (Wildman–Crippen LogP) is 2.65. The summed E-state index contributed by atoms with van der Waals surface area (Å²) >= 11 is 12.0. The zero-order valence-corrected chi connectivity index (χ0v) is 17.9. The van der Waals surface area contributed by atoms with Crippen molar-refractivity contribution in [2.75, 3.05) is 11.5 Å². The third-order valence-electron chi connectivity index (χ3n) is 5.04. The van der Waals surface area contributed by atoms with Crippen molar-refractivity contribution in [1.29, 1.82) is 0 Å². The van der Waals surface area contributed by atoms with Crippen LogP contribution in [0.5, 0.6) is 0 Å². The summed E-state index contributed by atoms with van der Waals surface area (Å²) in [7, 11) is 0. The molecule has 0 spiro atoms. The van der Waals surface area contributed by atoms with Crippen LogP contribution in [0.15, 0.2) is 41.3 Å². The highest BCUT2D eigenvalue weighted by Gasteiger charge is 2.52. The highest BCUT2D eigenvalue weighted by molar-refractivity contribution is 6.48. The van der Waals surface area contributed by atoms with Crippen LogP contribution in [0.4, 0.5) is 5.69 Å². The number of aromatic nitrogens is 1. The van der Waals surface area contributed by atoms with Crippen LogP contribution in [0.25, 0.3) is 0 Å². The molecule has 1 N–H and O–H groups in total. The van der Waals surface area contributed by atoms with Crippen molar-refractivity contribution >= 4 is 46.4 Å². The molecular formula is C21H20Cl2N2O5. The monoisotopic (exact) mass is 450 g/mol. The number of halogens is 2. The van der Waals surface area contributed by atoms with Crippen molar-refractivity contribution in [3.63, 3.8) is 0 Å². The summed E-state index contributed by atoms with van der Waals surface area (Å²) < 4.78 is 1.16. The second-order valence-corrected chi connectivity index (χ2v) is 8.18. The Labute approximate surface area is 182 Å². The molecule has 158 valence electrons. The van der Waals surface area contributed by atoms with Gasteiger partial charge < -0.3 is 9.67 Å². The molecule has 0 saturated carbocycles. The number of Topliss-reactive ketones (excluding diaryl/α,β-unsaturated/α-hetero) is 2. The van der Waals surface area contributed by atoms with E-state index in [2.05, 4.69) is 0 Å². The third-order valence-corrected chi connectivity index (χ3v) is 5.56. The molecule has 1 aliphatic rings. The van der Waals surface area contributed by atoms with Crippen molar-refractivity contribution in [1.82, 2.24) is 4.57 Å². The Hall–Kier alpha value is -2.48. The number of hydrogen-bond donors (Lipinski definition) is 1. The van der Waals surface area contributed by atoms with Crippen LogP contribution in [0, 0.1) is 11.8 Å². The molecule has 9 heteroatoms. The number of carbonyl (C=O) groups is 3. The van der Waals surface area contributed by atoms with E-state index in [1.54, 1.807) is 38.1 Å². The lowest BCUT2D eigenvalue weighted by Gasteiger charge is -2.28. The maximum Gasteiger partial charge on any atom is 0.295 e. The van der Waals surface area contributed by atoms with Gasteiger partial charge in [-0.25, -0.2) is 0 Å². The van der Waals surface area contributed by atoms with Gasteiger partial charge in [0, 0.05) is 23.7 Å². The van der Waals surface area contributed by atoms with Crippen LogP contribution < -0.4 is 10.5 Å². The molecule has 1 fully saturated rings. The number of aliphatic hydroxyl groups excluding tert-OH is 1. The van der Waals surface area contributed by atoms with Gasteiger partial charge in [-0.3, -0.25) is 24.1 Å². The van der Waals surface area contributed by atoms with Gasteiger partial charge in [0.15, 0.2) is 0 Å². The van der Waals surface area contributed by atoms with E-state index in [0.717, 1.165) is 4.57 Å². The number of benzene rings is 1. The highest BCUT2D eigenvalue weighted by atomic mass is 35.5. The van der Waals surface area contributed by atoms with E-state index in [1.165, 1.54) is 17.2 Å². The first-order valence-electron chi connectivity index (χ1n) is 9.34. The maximum absolute atomic E-state index is 13.0. The van der Waals surface area contributed by atoms with Gasteiger partial charge in [-0.05, 0) is 23.8 Å². The third kappa shape index (κ3) is 3.93. The first-order chi connectivity index (χ1) is 14.2. The smallest absolute Gasteiger partial charge is 0.295 e. The summed E-state index contributed by atoms with van der Waals surface area (Å²) in [4.78, 5) is 52.1. The predicted molar refractivity (Wildman–Crippen MR) is 113 cm³/mol. The summed E-state index contributed by atoms with van der Waals surface area (Å²) in [6.07, 6.45) is 1.35. The fraction of sp³-hybridized carbons (Fsp3) is 0.333. The van der Waals surface area contributed by atoms with Gasteiger partial charge in [-0.2, -0.15) is 0 Å². The van der Waals surface area contributed by atoms with E-state index >= 15 is 0 Å². The number of carbonyl (C=O) groups excluding carboxylic acids is 3. The minimum Gasteiger partial charge on any atom is -0.395 e. The molecule has 1 amide bonds. The van der Waals surface area contributed by atoms with Crippen LogP contribution in [-0.4, -0.2) is 33.8 Å². The van der Waals surface area contributed by atoms with Crippen molar-refractivity contribution < 1.29 is 19.5 Å². The van der Waals surface area contributed by atoms with E-state index in [9.17, 15) is 24.3 Å². The van der Waals surface area contributed by atoms with E-state index in [4.69, 9.17) is 23.2 Å². The second-order valence-electron chi connectivity index (χ2n) is 7.34. The summed E-state index contributed by atoms with van der Waals surface area (Å²) in [5, 5.41) is 9.52. The lowest BCUT2D eigenvalue weighted by atomic mass is 9.85. The number of rotatable bonds is 6. The summed E-state index contributed by atoms with van der Waals surface area (Å²) in [5.74, 6) is -3.70. The number of nitrogens with zero attached hydrogens (tertiary/aromatic N) is 2. The minimum atomic E-state index is -1.20. The Morgan fingerprint density at radius 3 is 2.33 bits per heavy atom. The number of anilines is 1. The minimum absolute atomic E-state index is 0.0394. The molecular weight excluding hydrogens is 431 g/mol. The van der Waals surface area contributed by atoms with Gasteiger partial charge in [-0.15, -0.1) is 0 Å². The van der Waals surface area contributed by atoms with Crippen molar-refractivity contribution in [3.05, 3.63) is 62.5 Å². The van der Waals surface area contributed by atoms with E-state index in [1.807, 2.05) is 0 Å². The Kier molecular flexibility index (Phi) is 6.45. The quantitative estimate of drug-likeness (QED) is 0.538. The zero-order chi connectivity index (χ0) is 22.2. The Bertz CT molecular complexity index is 1060. The Balaban J connectivity index is 2.22. The zero-order valence-electron chi connectivity index (χ0n) is 16.3. The molecule has 0 aliphatic carbocycles. The Morgan fingerprint density at radius 1 is 1.13 bits per heavy atom. The Morgan fingerprint density at radius 2 is 1.77 bits per heavy atom. The van der Waals surface area contributed by atoms with Gasteiger partial charge in [0.05, 0.1) is 18.3 Å². The van der Waals surface area contributed by atoms with Crippen LogP contribution in [0.3, 0.4) is 0 Å². The first-order valence-corrected chi connectivity index (χ1v) is 10.1. The molecule has 0 bridgehead atoms. The first kappa shape index (κ1) is 22.2. The molecule has 2 aromatic rings. The van der Waals surface area contributed by atoms with Crippen LogP contribution in [0.2, 0.25) is 10.0 Å². The average Bonchev–Trinajstić information content (AvgIpc) is 2.96. The molecule has 7 nitrogen and oxygen atoms in total. The standard InChI is InChI=1S/C21H20Cl2N2O5/c1-11(2)18(27)16-17(12-3-5-13(22)6-4-12)25(21(30)19(16)28)14-9-15(23)20(29)24(10-14)7-8-26/h3-6,9-11,16-17,26H,7-8H2,1-2H3. The molecule has 1 aromatic heterocycles. The topological polar surface area (TPSA) is 96.7 Å². The van der Waals surface area contributed by atoms with Crippen molar-refractivity contribution in [2.24, 2.45) is 11.8 Å². The maximum atomic E-state index is 13.0. The molecule has 2 unspecified atom stereocenters. The normalized spacial score (nSPS) is 19.1. The number of aliphatic hydroxyl groups is 1. The van der Waals surface area contributed by atoms with E-state index < -0.39 is 35.1 Å². The molecule has 30 heavy (non-hydrogen) atoms. The van der Waals surface area contributed by atoms with Crippen LogP contribution >= 0.6 is 23.2 Å². The fourth-order valence-electron chi connectivity index (χ4n) is 3.58. The lowest BCUT2D eigenvalue weighted by Crippen LogP contribution is -2.33. The molecule has 1 aliphatic heterocycles. The summed E-state index contributed by atoms with van der Waals surface area (Å²) in [5.41, 5.74) is 0.198. The van der Waals surface area contributed by atoms with Crippen LogP contribution in [-0.2, 0) is 20.9 Å². The molecule has 1 aromatic carbocycles. The lowest BCUT2D eigenvalue weighted by molar-refractivity contribution is -0.139. The van der Waals surface area contributed by atoms with E-state index in [-0.39, 0.29) is 29.6 Å². The summed E-state index contributed by atoms with van der Waals surface area (Å²) in [6.45, 7) is 2.98. The number of pyridine rings is 1. The van der Waals surface area contributed by atoms with Gasteiger partial charge in [-0.1, -0.05) is 49.2 Å². The van der Waals surface area contributed by atoms with Gasteiger partial charge in [0.1, 0.15) is 16.7 Å². The molecule has 1 saturated heterocycles. The molecule has 0 radical (unpaired) electrons. The van der Waals surface area contributed by atoms with Crippen molar-refractivity contribution in [2.45, 2.75) is 26.4 Å². The van der Waals surface area contributed by atoms with Crippen LogP contribution in [0.1, 0.15) is 25.5 Å². The van der Waals surface area contributed by atoms with E-state index in [0.29, 0.717) is 10.6 Å². The second kappa shape index (κ2) is 8.71. The van der Waals surface area contributed by atoms with Gasteiger partial charge >= 0.3 is 0 Å². The average molecular weight is 451 g/mol. The molecule has 2 atom stereocenters. The fourth-order valence-corrected chi connectivity index (χ4v) is 3.93.